The van der Waals surface area contributed by atoms with Gasteiger partial charge in [0.1, 0.15) is 0 Å². The van der Waals surface area contributed by atoms with Crippen LogP contribution in [0.15, 0.2) is 24.3 Å². The zero-order chi connectivity index (χ0) is 22.3. The third-order valence-electron chi connectivity index (χ3n) is 8.55. The van der Waals surface area contributed by atoms with Crippen molar-refractivity contribution in [2.24, 2.45) is 29.1 Å². The number of hydrogen-bond acceptors (Lipinski definition) is 3. The van der Waals surface area contributed by atoms with Crippen molar-refractivity contribution in [2.45, 2.75) is 64.7 Å². The van der Waals surface area contributed by atoms with E-state index in [-0.39, 0.29) is 29.1 Å². The van der Waals surface area contributed by atoms with Crippen molar-refractivity contribution in [2.75, 3.05) is 13.1 Å². The van der Waals surface area contributed by atoms with Gasteiger partial charge >= 0.3 is 0 Å². The Morgan fingerprint density at radius 1 is 0.938 bits per heavy atom. The largest absolute Gasteiger partial charge is 0.339 e. The lowest BCUT2D eigenvalue weighted by Gasteiger charge is -2.56. The molecule has 4 aliphatic carbocycles. The molecule has 2 N–H and O–H groups in total. The molecule has 5 fully saturated rings. The van der Waals surface area contributed by atoms with Gasteiger partial charge < -0.3 is 4.90 Å². The first-order chi connectivity index (χ1) is 15.4. The number of carbonyl (C=O) groups is 3. The Labute approximate surface area is 190 Å². The Hall–Kier alpha value is -2.37. The number of nitrogens with zero attached hydrogens (tertiary/aromatic N) is 1. The first kappa shape index (κ1) is 21.5. The molecule has 1 aromatic carbocycles. The van der Waals surface area contributed by atoms with E-state index in [9.17, 15) is 14.4 Å². The molecule has 1 saturated heterocycles. The van der Waals surface area contributed by atoms with Crippen molar-refractivity contribution in [3.63, 3.8) is 0 Å². The molecular formula is C26H35N3O3. The smallest absolute Gasteiger partial charge is 0.254 e. The van der Waals surface area contributed by atoms with Crippen LogP contribution in [0.4, 0.5) is 0 Å². The maximum Gasteiger partial charge on any atom is 0.254 e. The molecule has 3 amide bonds. The van der Waals surface area contributed by atoms with Gasteiger partial charge in [0.15, 0.2) is 0 Å². The van der Waals surface area contributed by atoms with Gasteiger partial charge in [0, 0.05) is 31.0 Å². The highest BCUT2D eigenvalue weighted by Gasteiger charge is 2.51. The topological polar surface area (TPSA) is 78.5 Å². The maximum atomic E-state index is 12.8. The fourth-order valence-electron chi connectivity index (χ4n) is 7.45. The van der Waals surface area contributed by atoms with Crippen LogP contribution in [-0.4, -0.2) is 35.7 Å². The first-order valence-corrected chi connectivity index (χ1v) is 12.3. The number of hydrazine groups is 1. The van der Waals surface area contributed by atoms with Crippen molar-refractivity contribution in [1.82, 2.24) is 15.8 Å². The molecule has 32 heavy (non-hydrogen) atoms. The second kappa shape index (κ2) is 8.53. The summed E-state index contributed by atoms with van der Waals surface area (Å²) < 4.78 is 0. The number of hydrogen-bond donors (Lipinski definition) is 2. The van der Waals surface area contributed by atoms with Gasteiger partial charge in [0.25, 0.3) is 5.91 Å². The number of nitrogens with one attached hydrogen (secondary N) is 2. The number of likely N-dealkylation sites (tertiary alicyclic amines) is 1. The van der Waals surface area contributed by atoms with E-state index < -0.39 is 0 Å². The Morgan fingerprint density at radius 3 is 2.12 bits per heavy atom. The average molecular weight is 438 g/mol. The minimum Gasteiger partial charge on any atom is -0.339 e. The predicted octanol–water partition coefficient (Wildman–Crippen LogP) is 3.60. The van der Waals surface area contributed by atoms with Crippen molar-refractivity contribution < 1.29 is 14.4 Å². The highest BCUT2D eigenvalue weighted by Crippen LogP contribution is 2.61. The summed E-state index contributed by atoms with van der Waals surface area (Å²) in [5.41, 5.74) is 7.25. The second-order valence-electron chi connectivity index (χ2n) is 11.0. The van der Waals surface area contributed by atoms with E-state index in [2.05, 4.69) is 10.9 Å². The van der Waals surface area contributed by atoms with E-state index in [4.69, 9.17) is 0 Å². The molecule has 0 unspecified atom stereocenters. The molecule has 6 rings (SSSR count). The Morgan fingerprint density at radius 2 is 1.53 bits per heavy atom. The molecule has 0 radical (unpaired) electrons. The van der Waals surface area contributed by atoms with E-state index >= 15 is 0 Å². The lowest BCUT2D eigenvalue weighted by atomic mass is 9.49. The molecule has 1 heterocycles. The summed E-state index contributed by atoms with van der Waals surface area (Å²) in [6.45, 7) is 3.07. The van der Waals surface area contributed by atoms with Crippen molar-refractivity contribution >= 4 is 17.7 Å². The predicted molar refractivity (Wildman–Crippen MR) is 121 cm³/mol. The van der Waals surface area contributed by atoms with Gasteiger partial charge in [0.05, 0.1) is 0 Å². The molecule has 1 aliphatic heterocycles. The zero-order valence-electron chi connectivity index (χ0n) is 19.1. The van der Waals surface area contributed by atoms with Crippen LogP contribution < -0.4 is 10.9 Å². The van der Waals surface area contributed by atoms with E-state index in [1.165, 1.54) is 38.5 Å². The summed E-state index contributed by atoms with van der Waals surface area (Å²) >= 11 is 0. The molecule has 0 atom stereocenters. The minimum atomic E-state index is -0.171. The quantitative estimate of drug-likeness (QED) is 0.707. The number of carbonyl (C=O) groups excluding carboxylic acids is 3. The average Bonchev–Trinajstić information content (AvgIpc) is 2.76. The van der Waals surface area contributed by atoms with E-state index in [1.54, 1.807) is 0 Å². The second-order valence-corrected chi connectivity index (χ2v) is 11.0. The number of aryl methyl sites for hydroxylation is 1. The van der Waals surface area contributed by atoms with E-state index in [0.29, 0.717) is 32.4 Å². The minimum absolute atomic E-state index is 0.0332. The third-order valence-corrected chi connectivity index (χ3v) is 8.55. The molecule has 0 aromatic heterocycles. The summed E-state index contributed by atoms with van der Waals surface area (Å²) in [6, 6.07) is 7.61. The molecule has 5 aliphatic rings. The molecule has 4 saturated carbocycles. The zero-order valence-corrected chi connectivity index (χ0v) is 19.1. The standard InChI is InChI=1S/C26H35N3O3/c1-17-4-2-3-5-22(17)25(32)29-8-6-21(7-9-29)24(31)28-27-23(30)16-26-13-18-10-19(14-26)12-20(11-18)15-26/h2-5,18-21H,6-16H2,1H3,(H,27,30)(H,28,31). The number of amides is 3. The van der Waals surface area contributed by atoms with Gasteiger partial charge in [-0.15, -0.1) is 0 Å². The van der Waals surface area contributed by atoms with Gasteiger partial charge in [-0.25, -0.2) is 0 Å². The van der Waals surface area contributed by atoms with Crippen LogP contribution in [0, 0.1) is 36.0 Å². The van der Waals surface area contributed by atoms with Gasteiger partial charge in [-0.1, -0.05) is 18.2 Å². The van der Waals surface area contributed by atoms with Crippen LogP contribution in [0.2, 0.25) is 0 Å². The van der Waals surface area contributed by atoms with Gasteiger partial charge in [-0.3, -0.25) is 25.2 Å². The van der Waals surface area contributed by atoms with Crippen LogP contribution in [0.5, 0.6) is 0 Å². The SMILES string of the molecule is Cc1ccccc1C(=O)N1CCC(C(=O)NNC(=O)CC23CC4CC(CC(C4)C2)C3)CC1. The molecule has 0 spiro atoms. The summed E-state index contributed by atoms with van der Waals surface area (Å²) in [5.74, 6) is 2.13. The fraction of sp³-hybridized carbons (Fsp3) is 0.654. The highest BCUT2D eigenvalue weighted by atomic mass is 16.2. The summed E-state index contributed by atoms with van der Waals surface area (Å²) in [7, 11) is 0. The number of piperidine rings is 1. The number of rotatable bonds is 4. The van der Waals surface area contributed by atoms with Gasteiger partial charge in [-0.2, -0.15) is 0 Å². The maximum absolute atomic E-state index is 12.8. The Bertz CT molecular complexity index is 868. The van der Waals surface area contributed by atoms with Crippen molar-refractivity contribution in [1.29, 1.82) is 0 Å². The lowest BCUT2D eigenvalue weighted by Crippen LogP contribution is -2.51. The number of benzene rings is 1. The summed E-state index contributed by atoms with van der Waals surface area (Å²) in [5, 5.41) is 0. The van der Waals surface area contributed by atoms with Crippen LogP contribution in [0.3, 0.4) is 0 Å². The van der Waals surface area contributed by atoms with Crippen LogP contribution in [0.1, 0.15) is 73.7 Å². The molecule has 1 aromatic rings. The van der Waals surface area contributed by atoms with Crippen LogP contribution in [0.25, 0.3) is 0 Å². The third kappa shape index (κ3) is 4.28. The molecule has 172 valence electrons. The Kier molecular flexibility index (Phi) is 5.72. The highest BCUT2D eigenvalue weighted by molar-refractivity contribution is 5.95. The van der Waals surface area contributed by atoms with Crippen molar-refractivity contribution in [3.8, 4) is 0 Å². The first-order valence-electron chi connectivity index (χ1n) is 12.3. The molecule has 6 heteroatoms. The molecule has 6 nitrogen and oxygen atoms in total. The summed E-state index contributed by atoms with van der Waals surface area (Å²) in [4.78, 5) is 39.9. The normalized spacial score (nSPS) is 31.4. The van der Waals surface area contributed by atoms with E-state index in [1.807, 2.05) is 36.1 Å². The van der Waals surface area contributed by atoms with Crippen LogP contribution >= 0.6 is 0 Å². The lowest BCUT2D eigenvalue weighted by molar-refractivity contribution is -0.136. The molecular weight excluding hydrogens is 402 g/mol. The van der Waals surface area contributed by atoms with Gasteiger partial charge in [0.2, 0.25) is 11.8 Å². The van der Waals surface area contributed by atoms with Gasteiger partial charge in [-0.05, 0) is 93.1 Å². The monoisotopic (exact) mass is 437 g/mol. The Balaban J connectivity index is 1.08. The van der Waals surface area contributed by atoms with E-state index in [0.717, 1.165) is 28.9 Å². The molecule has 4 bridgehead atoms. The fourth-order valence-corrected chi connectivity index (χ4v) is 7.45. The van der Waals surface area contributed by atoms with Crippen molar-refractivity contribution in [3.05, 3.63) is 35.4 Å². The van der Waals surface area contributed by atoms with Crippen LogP contribution in [-0.2, 0) is 9.59 Å². The summed E-state index contributed by atoms with van der Waals surface area (Å²) in [6.07, 6.45) is 9.44.